The molecule has 0 bridgehead atoms. The van der Waals surface area contributed by atoms with Crippen molar-refractivity contribution in [2.45, 2.75) is 32.9 Å². The van der Waals surface area contributed by atoms with Crippen LogP contribution in [0, 0.1) is 18.6 Å². The topological polar surface area (TPSA) is 52.6 Å². The molecule has 2 heterocycles. The summed E-state index contributed by atoms with van der Waals surface area (Å²) in [6.07, 6.45) is 2.48. The van der Waals surface area contributed by atoms with E-state index in [1.807, 2.05) is 17.9 Å². The summed E-state index contributed by atoms with van der Waals surface area (Å²) in [7, 11) is 0. The second-order valence-corrected chi connectivity index (χ2v) is 6.66. The number of hydrogen-bond donors (Lipinski definition) is 2. The normalized spacial score (nSPS) is 16.6. The summed E-state index contributed by atoms with van der Waals surface area (Å²) in [5, 5.41) is 6.63. The summed E-state index contributed by atoms with van der Waals surface area (Å²) in [5.74, 6) is 0.587. The molecule has 1 aromatic heterocycles. The van der Waals surface area contributed by atoms with Gasteiger partial charge in [0.1, 0.15) is 5.82 Å². The molecule has 2 aromatic rings. The summed E-state index contributed by atoms with van der Waals surface area (Å²) in [4.78, 5) is 10.7. The number of aliphatic imine (C=N–C) groups is 1. The minimum absolute atomic E-state index is 0. The van der Waals surface area contributed by atoms with E-state index in [1.54, 1.807) is 25.3 Å². The Bertz CT molecular complexity index is 815. The first-order chi connectivity index (χ1) is 13.1. The van der Waals surface area contributed by atoms with Gasteiger partial charge in [-0.2, -0.15) is 0 Å². The number of nitrogens with one attached hydrogen (secondary N) is 2. The first-order valence-corrected chi connectivity index (χ1v) is 9.22. The smallest absolute Gasteiger partial charge is 0.191 e. The third-order valence-electron chi connectivity index (χ3n) is 4.55. The molecule has 1 aromatic carbocycles. The maximum Gasteiger partial charge on any atom is 0.191 e. The lowest BCUT2D eigenvalue weighted by atomic mass is 10.1. The van der Waals surface area contributed by atoms with Crippen LogP contribution in [0.2, 0.25) is 0 Å². The number of benzene rings is 1. The fourth-order valence-electron chi connectivity index (χ4n) is 3.17. The molecule has 0 spiro atoms. The lowest BCUT2D eigenvalue weighted by Gasteiger charge is -2.20. The molecule has 1 saturated heterocycles. The van der Waals surface area contributed by atoms with Crippen molar-refractivity contribution >= 4 is 35.8 Å². The third-order valence-corrected chi connectivity index (χ3v) is 4.55. The van der Waals surface area contributed by atoms with Crippen molar-refractivity contribution in [3.63, 3.8) is 0 Å². The van der Waals surface area contributed by atoms with E-state index in [4.69, 9.17) is 0 Å². The van der Waals surface area contributed by atoms with Crippen LogP contribution >= 0.6 is 24.0 Å². The molecule has 1 unspecified atom stereocenters. The predicted molar refractivity (Wildman–Crippen MR) is 119 cm³/mol. The van der Waals surface area contributed by atoms with Gasteiger partial charge in [-0.05, 0) is 49.6 Å². The van der Waals surface area contributed by atoms with Crippen molar-refractivity contribution in [1.29, 1.82) is 0 Å². The summed E-state index contributed by atoms with van der Waals surface area (Å²) < 4.78 is 27.3. The Morgan fingerprint density at radius 2 is 2.11 bits per heavy atom. The van der Waals surface area contributed by atoms with Crippen LogP contribution in [-0.2, 0) is 6.54 Å². The van der Waals surface area contributed by atoms with E-state index in [9.17, 15) is 8.78 Å². The second-order valence-electron chi connectivity index (χ2n) is 6.66. The second kappa shape index (κ2) is 10.5. The van der Waals surface area contributed by atoms with Gasteiger partial charge in [0.15, 0.2) is 17.6 Å². The summed E-state index contributed by atoms with van der Waals surface area (Å²) in [6.45, 7) is 6.34. The highest BCUT2D eigenvalue weighted by atomic mass is 127. The van der Waals surface area contributed by atoms with Crippen molar-refractivity contribution in [3.8, 4) is 0 Å². The predicted octanol–water partition coefficient (Wildman–Crippen LogP) is 3.62. The van der Waals surface area contributed by atoms with Gasteiger partial charge >= 0.3 is 0 Å². The molecule has 1 aliphatic rings. The molecule has 1 atom stereocenters. The number of pyridine rings is 1. The Labute approximate surface area is 181 Å². The van der Waals surface area contributed by atoms with Crippen LogP contribution in [-0.4, -0.2) is 36.6 Å². The standard InChI is InChI=1S/C20H25F2N5.HI/c1-3-23-20(25-12-15-6-7-17(21)14(2)11-15)26-16-8-10-27(13-16)19-18(22)5-4-9-24-19;/h4-7,9,11,16H,3,8,10,12-13H2,1-2H3,(H2,23,25,26);1H. The van der Waals surface area contributed by atoms with Gasteiger partial charge in [-0.15, -0.1) is 24.0 Å². The maximum absolute atomic E-state index is 13.9. The van der Waals surface area contributed by atoms with Crippen LogP contribution in [0.3, 0.4) is 0 Å². The van der Waals surface area contributed by atoms with Gasteiger partial charge < -0.3 is 15.5 Å². The molecule has 8 heteroatoms. The molecular weight excluding hydrogens is 475 g/mol. The van der Waals surface area contributed by atoms with E-state index in [0.29, 0.717) is 30.4 Å². The number of rotatable bonds is 5. The minimum Gasteiger partial charge on any atom is -0.357 e. The summed E-state index contributed by atoms with van der Waals surface area (Å²) in [5.41, 5.74) is 1.57. The van der Waals surface area contributed by atoms with Gasteiger partial charge in [-0.25, -0.2) is 18.8 Å². The fourth-order valence-corrected chi connectivity index (χ4v) is 3.17. The number of halogens is 3. The maximum atomic E-state index is 13.9. The van der Waals surface area contributed by atoms with Gasteiger partial charge in [0.2, 0.25) is 0 Å². The lowest BCUT2D eigenvalue weighted by molar-refractivity contribution is 0.612. The molecule has 1 fully saturated rings. The number of nitrogens with zero attached hydrogens (tertiary/aromatic N) is 3. The van der Waals surface area contributed by atoms with Gasteiger partial charge in [0, 0.05) is 31.9 Å². The Hall–Kier alpha value is -1.97. The molecule has 1 aliphatic heterocycles. The van der Waals surface area contributed by atoms with Crippen LogP contribution in [0.15, 0.2) is 41.5 Å². The summed E-state index contributed by atoms with van der Waals surface area (Å²) in [6, 6.07) is 8.20. The number of aryl methyl sites for hydroxylation is 1. The third kappa shape index (κ3) is 5.76. The molecule has 0 radical (unpaired) electrons. The monoisotopic (exact) mass is 501 g/mol. The molecular formula is C20H26F2IN5. The first kappa shape index (κ1) is 22.3. The Balaban J connectivity index is 0.00000280. The van der Waals surface area contributed by atoms with Crippen LogP contribution < -0.4 is 15.5 Å². The van der Waals surface area contributed by atoms with E-state index in [-0.39, 0.29) is 41.7 Å². The van der Waals surface area contributed by atoms with E-state index in [1.165, 1.54) is 12.1 Å². The van der Waals surface area contributed by atoms with Crippen molar-refractivity contribution in [1.82, 2.24) is 15.6 Å². The van der Waals surface area contributed by atoms with Gasteiger partial charge in [0.25, 0.3) is 0 Å². The molecule has 28 heavy (non-hydrogen) atoms. The molecule has 0 saturated carbocycles. The van der Waals surface area contributed by atoms with Crippen molar-refractivity contribution in [3.05, 3.63) is 59.3 Å². The minimum atomic E-state index is -0.301. The average Bonchev–Trinajstić information content (AvgIpc) is 3.11. The van der Waals surface area contributed by atoms with Gasteiger partial charge in [-0.3, -0.25) is 0 Å². The molecule has 0 amide bonds. The highest BCUT2D eigenvalue weighted by Gasteiger charge is 2.25. The van der Waals surface area contributed by atoms with Crippen LogP contribution in [0.25, 0.3) is 0 Å². The average molecular weight is 501 g/mol. The Morgan fingerprint density at radius 3 is 2.82 bits per heavy atom. The Morgan fingerprint density at radius 1 is 1.29 bits per heavy atom. The van der Waals surface area contributed by atoms with Crippen molar-refractivity contribution in [2.24, 2.45) is 4.99 Å². The number of hydrogen-bond acceptors (Lipinski definition) is 3. The van der Waals surface area contributed by atoms with Crippen LogP contribution in [0.1, 0.15) is 24.5 Å². The molecule has 3 rings (SSSR count). The zero-order chi connectivity index (χ0) is 19.2. The van der Waals surface area contributed by atoms with Crippen molar-refractivity contribution < 1.29 is 8.78 Å². The molecule has 152 valence electrons. The quantitative estimate of drug-likeness (QED) is 0.374. The number of anilines is 1. The highest BCUT2D eigenvalue weighted by molar-refractivity contribution is 14.0. The lowest BCUT2D eigenvalue weighted by Crippen LogP contribution is -2.44. The van der Waals surface area contributed by atoms with E-state index in [2.05, 4.69) is 20.6 Å². The zero-order valence-electron chi connectivity index (χ0n) is 16.1. The highest BCUT2D eigenvalue weighted by Crippen LogP contribution is 2.20. The number of guanidine groups is 1. The van der Waals surface area contributed by atoms with Gasteiger partial charge in [-0.1, -0.05) is 12.1 Å². The zero-order valence-corrected chi connectivity index (χ0v) is 18.4. The van der Waals surface area contributed by atoms with E-state index in [0.717, 1.165) is 25.1 Å². The fraction of sp³-hybridized carbons (Fsp3) is 0.400. The number of aromatic nitrogens is 1. The molecule has 2 N–H and O–H groups in total. The van der Waals surface area contributed by atoms with Crippen LogP contribution in [0.4, 0.5) is 14.6 Å². The molecule has 0 aliphatic carbocycles. The Kier molecular flexibility index (Phi) is 8.40. The van der Waals surface area contributed by atoms with E-state index >= 15 is 0 Å². The van der Waals surface area contributed by atoms with Crippen molar-refractivity contribution in [2.75, 3.05) is 24.5 Å². The largest absolute Gasteiger partial charge is 0.357 e. The molecule has 5 nitrogen and oxygen atoms in total. The summed E-state index contributed by atoms with van der Waals surface area (Å²) >= 11 is 0. The SMILES string of the molecule is CCNC(=NCc1ccc(F)c(C)c1)NC1CCN(c2ncccc2F)C1.I. The van der Waals surface area contributed by atoms with Gasteiger partial charge in [0.05, 0.1) is 6.54 Å². The van der Waals surface area contributed by atoms with Crippen LogP contribution in [0.5, 0.6) is 0 Å². The van der Waals surface area contributed by atoms with E-state index < -0.39 is 0 Å². The first-order valence-electron chi connectivity index (χ1n) is 9.22.